The van der Waals surface area contributed by atoms with Gasteiger partial charge in [-0.25, -0.2) is 0 Å². The fourth-order valence-electron chi connectivity index (χ4n) is 1.14. The minimum Gasteiger partial charge on any atom is -0.423 e. The van der Waals surface area contributed by atoms with Crippen molar-refractivity contribution in [3.63, 3.8) is 0 Å². The van der Waals surface area contributed by atoms with Crippen molar-refractivity contribution in [1.82, 2.24) is 10.2 Å². The van der Waals surface area contributed by atoms with Crippen molar-refractivity contribution in [3.05, 3.63) is 48.5 Å². The molecule has 0 N–H and O–H groups in total. The largest absolute Gasteiger partial charge is 0.423 e. The molecule has 0 saturated heterocycles. The van der Waals surface area contributed by atoms with Crippen molar-refractivity contribution in [1.29, 1.82) is 0 Å². The third-order valence-electron chi connectivity index (χ3n) is 1.79. The van der Waals surface area contributed by atoms with Crippen LogP contribution in [0, 0.1) is 0 Å². The van der Waals surface area contributed by atoms with Crippen LogP contribution in [0.4, 0.5) is 0 Å². The predicted octanol–water partition coefficient (Wildman–Crippen LogP) is 2.53. The van der Waals surface area contributed by atoms with Gasteiger partial charge in [0.1, 0.15) is 0 Å². The fourth-order valence-corrected chi connectivity index (χ4v) is 1.14. The van der Waals surface area contributed by atoms with Crippen LogP contribution < -0.4 is 0 Å². The molecule has 3 heteroatoms. The smallest absolute Gasteiger partial charge is 0.247 e. The first-order valence-electron chi connectivity index (χ1n) is 4.12. The number of hydrogen-bond donors (Lipinski definition) is 0. The van der Waals surface area contributed by atoms with Gasteiger partial charge < -0.3 is 4.42 Å². The third kappa shape index (κ3) is 1.63. The van der Waals surface area contributed by atoms with Gasteiger partial charge in [0.25, 0.3) is 0 Å². The molecule has 0 aliphatic rings. The number of benzene rings is 1. The molecular weight excluding hydrogens is 176 g/mol. The van der Waals surface area contributed by atoms with Gasteiger partial charge in [-0.3, -0.25) is 0 Å². The highest BCUT2D eigenvalue weighted by Crippen LogP contribution is 2.16. The lowest BCUT2D eigenvalue weighted by Crippen LogP contribution is -1.78. The van der Waals surface area contributed by atoms with E-state index in [4.69, 9.17) is 4.42 Å². The fraction of sp³-hybridized carbons (Fsp3) is 0. The molecule has 0 amide bonds. The zero-order valence-corrected chi connectivity index (χ0v) is 7.47. The minimum atomic E-state index is 0.527. The maximum Gasteiger partial charge on any atom is 0.247 e. The summed E-state index contributed by atoms with van der Waals surface area (Å²) in [7, 11) is 0. The van der Waals surface area contributed by atoms with E-state index in [1.54, 1.807) is 6.08 Å². The molecule has 0 aliphatic heterocycles. The second-order valence-electron chi connectivity index (χ2n) is 2.71. The van der Waals surface area contributed by atoms with Gasteiger partial charge >= 0.3 is 0 Å². The van der Waals surface area contributed by atoms with Crippen LogP contribution in [0.2, 0.25) is 0 Å². The van der Waals surface area contributed by atoms with Crippen LogP contribution in [-0.4, -0.2) is 10.2 Å². The molecule has 3 nitrogen and oxygen atoms in total. The van der Waals surface area contributed by atoms with E-state index in [-0.39, 0.29) is 0 Å². The Morgan fingerprint density at radius 1 is 1.29 bits per heavy atom. The number of rotatable bonds is 2. The van der Waals surface area contributed by atoms with E-state index in [0.29, 0.717) is 5.89 Å². The molecule has 0 aliphatic carbocycles. The number of aromatic nitrogens is 2. The van der Waals surface area contributed by atoms with Crippen LogP contribution in [0.1, 0.15) is 5.56 Å². The van der Waals surface area contributed by atoms with Crippen molar-refractivity contribution >= 4 is 6.08 Å². The van der Waals surface area contributed by atoms with Gasteiger partial charge in [0, 0.05) is 5.56 Å². The van der Waals surface area contributed by atoms with Crippen LogP contribution in [0.5, 0.6) is 0 Å². The summed E-state index contributed by atoms with van der Waals surface area (Å²) in [5.74, 6) is 0.527. The molecule has 1 aromatic carbocycles. The summed E-state index contributed by atoms with van der Waals surface area (Å²) in [5.41, 5.74) is 4.66. The second-order valence-corrected chi connectivity index (χ2v) is 2.71. The van der Waals surface area contributed by atoms with E-state index in [0.717, 1.165) is 11.1 Å². The van der Waals surface area contributed by atoms with Gasteiger partial charge in [0.15, 0.2) is 0 Å². The Morgan fingerprint density at radius 2 is 2.07 bits per heavy atom. The predicted molar refractivity (Wildman–Crippen MR) is 53.3 cm³/mol. The summed E-state index contributed by atoms with van der Waals surface area (Å²) >= 11 is 0. The molecule has 0 atom stereocenters. The number of nitrogens with zero attached hydrogens (tertiary/aromatic N) is 2. The second kappa shape index (κ2) is 3.73. The standard InChI is InChI=1S/C11H8N2O/c1-2-3-9-4-6-10(7-5-9)11-13-12-8-14-11/h3-8H,1H2. The zero-order valence-electron chi connectivity index (χ0n) is 7.47. The molecule has 68 valence electrons. The topological polar surface area (TPSA) is 38.9 Å². The van der Waals surface area contributed by atoms with Crippen molar-refractivity contribution in [2.24, 2.45) is 0 Å². The van der Waals surface area contributed by atoms with Gasteiger partial charge in [0.05, 0.1) is 0 Å². The summed E-state index contributed by atoms with van der Waals surface area (Å²) < 4.78 is 5.06. The highest BCUT2D eigenvalue weighted by atomic mass is 16.4. The van der Waals surface area contributed by atoms with E-state index in [1.807, 2.05) is 24.3 Å². The van der Waals surface area contributed by atoms with Gasteiger partial charge in [-0.1, -0.05) is 18.7 Å². The van der Waals surface area contributed by atoms with Gasteiger partial charge in [-0.15, -0.1) is 15.9 Å². The van der Waals surface area contributed by atoms with Crippen molar-refractivity contribution in [3.8, 4) is 11.5 Å². The lowest BCUT2D eigenvalue weighted by Gasteiger charge is -1.94. The average Bonchev–Trinajstić information content (AvgIpc) is 2.72. The molecule has 0 spiro atoms. The van der Waals surface area contributed by atoms with Crippen molar-refractivity contribution in [2.75, 3.05) is 0 Å². The molecule has 2 rings (SSSR count). The first-order valence-corrected chi connectivity index (χ1v) is 4.12. The summed E-state index contributed by atoms with van der Waals surface area (Å²) in [6.07, 6.45) is 3.12. The maximum atomic E-state index is 5.06. The van der Waals surface area contributed by atoms with Gasteiger partial charge in [-0.05, 0) is 23.8 Å². The van der Waals surface area contributed by atoms with Crippen LogP contribution in [0.3, 0.4) is 0 Å². The summed E-state index contributed by atoms with van der Waals surface area (Å²) in [6, 6.07) is 7.71. The molecule has 0 bridgehead atoms. The molecular formula is C11H8N2O. The molecule has 1 heterocycles. The molecule has 0 radical (unpaired) electrons. The lowest BCUT2D eigenvalue weighted by molar-refractivity contribution is 0.568. The Hall–Kier alpha value is -2.12. The summed E-state index contributed by atoms with van der Waals surface area (Å²) in [5, 5.41) is 7.42. The Bertz CT molecular complexity index is 451. The quantitative estimate of drug-likeness (QED) is 0.673. The lowest BCUT2D eigenvalue weighted by atomic mass is 10.1. The Labute approximate surface area is 81.4 Å². The van der Waals surface area contributed by atoms with Gasteiger partial charge in [0.2, 0.25) is 12.3 Å². The molecule has 0 saturated carbocycles. The maximum absolute atomic E-state index is 5.06. The first kappa shape index (κ1) is 8.48. The Balaban J connectivity index is 2.35. The highest BCUT2D eigenvalue weighted by molar-refractivity contribution is 5.57. The SMILES string of the molecule is C=C=Cc1ccc(-c2nnco2)cc1. The van der Waals surface area contributed by atoms with Crippen LogP contribution in [-0.2, 0) is 0 Å². The molecule has 0 fully saturated rings. The van der Waals surface area contributed by atoms with Crippen LogP contribution in [0.25, 0.3) is 17.5 Å². The molecule has 2 aromatic rings. The van der Waals surface area contributed by atoms with E-state index in [9.17, 15) is 0 Å². The third-order valence-corrected chi connectivity index (χ3v) is 1.79. The first-order chi connectivity index (χ1) is 6.90. The monoisotopic (exact) mass is 184 g/mol. The van der Waals surface area contributed by atoms with E-state index >= 15 is 0 Å². The molecule has 14 heavy (non-hydrogen) atoms. The molecule has 1 aromatic heterocycles. The summed E-state index contributed by atoms with van der Waals surface area (Å²) in [4.78, 5) is 0. The normalized spacial score (nSPS) is 9.43. The average molecular weight is 184 g/mol. The van der Waals surface area contributed by atoms with Crippen molar-refractivity contribution < 1.29 is 4.42 Å². The van der Waals surface area contributed by atoms with Crippen LogP contribution in [0.15, 0.2) is 47.4 Å². The minimum absolute atomic E-state index is 0.527. The Morgan fingerprint density at radius 3 is 2.64 bits per heavy atom. The van der Waals surface area contributed by atoms with Crippen LogP contribution >= 0.6 is 0 Å². The van der Waals surface area contributed by atoms with E-state index in [2.05, 4.69) is 22.5 Å². The Kier molecular flexibility index (Phi) is 2.26. The zero-order chi connectivity index (χ0) is 9.80. The van der Waals surface area contributed by atoms with Crippen molar-refractivity contribution in [2.45, 2.75) is 0 Å². The number of hydrogen-bond acceptors (Lipinski definition) is 3. The van der Waals surface area contributed by atoms with E-state index in [1.165, 1.54) is 6.39 Å². The summed E-state index contributed by atoms with van der Waals surface area (Å²) in [6.45, 7) is 3.51. The molecule has 0 unspecified atom stereocenters. The van der Waals surface area contributed by atoms with E-state index < -0.39 is 0 Å². The van der Waals surface area contributed by atoms with Gasteiger partial charge in [-0.2, -0.15) is 0 Å². The highest BCUT2D eigenvalue weighted by Gasteiger charge is 2.01.